The number of aromatic nitrogens is 2. The summed E-state index contributed by atoms with van der Waals surface area (Å²) in [6, 6.07) is 4.62. The predicted molar refractivity (Wildman–Crippen MR) is 113 cm³/mol. The van der Waals surface area contributed by atoms with E-state index >= 15 is 0 Å². The zero-order chi connectivity index (χ0) is 20.2. The number of fused-ring (bicyclic) bond motifs is 1. The summed E-state index contributed by atoms with van der Waals surface area (Å²) in [5, 5.41) is 1.19. The summed E-state index contributed by atoms with van der Waals surface area (Å²) in [4.78, 5) is 18.1. The van der Waals surface area contributed by atoms with Crippen LogP contribution in [0, 0.1) is 6.92 Å². The molecule has 5 heteroatoms. The van der Waals surface area contributed by atoms with E-state index in [1.165, 1.54) is 10.9 Å². The molecule has 1 fully saturated rings. The lowest BCUT2D eigenvalue weighted by molar-refractivity contribution is -0.122. The van der Waals surface area contributed by atoms with Gasteiger partial charge in [0.2, 0.25) is 6.41 Å². The summed E-state index contributed by atoms with van der Waals surface area (Å²) in [5.41, 5.74) is 2.24. The van der Waals surface area contributed by atoms with Gasteiger partial charge in [0, 0.05) is 43.6 Å². The highest BCUT2D eigenvalue weighted by atomic mass is 16.5. The van der Waals surface area contributed by atoms with Gasteiger partial charge in [-0.1, -0.05) is 34.6 Å². The zero-order valence-corrected chi connectivity index (χ0v) is 17.9. The number of rotatable bonds is 6. The van der Waals surface area contributed by atoms with Crippen LogP contribution < -0.4 is 0 Å². The highest BCUT2D eigenvalue weighted by Gasteiger charge is 2.24. The van der Waals surface area contributed by atoms with Crippen molar-refractivity contribution in [1.82, 2.24) is 14.5 Å². The molecule has 3 rings (SSSR count). The first kappa shape index (κ1) is 23.2. The molecule has 1 unspecified atom stereocenters. The molecule has 1 aliphatic heterocycles. The molecule has 1 amide bonds. The second-order valence-corrected chi connectivity index (χ2v) is 6.30. The Hall–Kier alpha value is -1.88. The Morgan fingerprint density at radius 3 is 2.56 bits per heavy atom. The smallest absolute Gasteiger partial charge is 0.210 e. The molecular weight excluding hydrogens is 338 g/mol. The van der Waals surface area contributed by atoms with Crippen LogP contribution in [-0.4, -0.2) is 46.7 Å². The van der Waals surface area contributed by atoms with E-state index in [1.807, 2.05) is 44.9 Å². The molecule has 1 atom stereocenters. The Morgan fingerprint density at radius 2 is 1.96 bits per heavy atom. The highest BCUT2D eigenvalue weighted by molar-refractivity contribution is 5.80. The maximum Gasteiger partial charge on any atom is 0.210 e. The minimum atomic E-state index is 0.245. The predicted octanol–water partition coefficient (Wildman–Crippen LogP) is 4.99. The van der Waals surface area contributed by atoms with Crippen molar-refractivity contribution in [2.24, 2.45) is 0 Å². The van der Waals surface area contributed by atoms with Gasteiger partial charge < -0.3 is 14.2 Å². The molecule has 2 aromatic rings. The lowest BCUT2D eigenvalue weighted by Gasteiger charge is -2.34. The van der Waals surface area contributed by atoms with Gasteiger partial charge in [0.15, 0.2) is 0 Å². The molecule has 0 spiro atoms. The largest absolute Gasteiger partial charge is 0.381 e. The summed E-state index contributed by atoms with van der Waals surface area (Å²) in [5.74, 6) is 0. The van der Waals surface area contributed by atoms with Gasteiger partial charge >= 0.3 is 0 Å². The van der Waals surface area contributed by atoms with E-state index in [0.717, 1.165) is 51.1 Å². The van der Waals surface area contributed by atoms with Crippen molar-refractivity contribution < 1.29 is 9.53 Å². The maximum absolute atomic E-state index is 11.6. The fraction of sp³-hybridized carbons (Fsp3) is 0.636. The number of nitrogens with zero attached hydrogens (tertiary/aromatic N) is 3. The molecule has 0 radical (unpaired) electrons. The van der Waals surface area contributed by atoms with Crippen molar-refractivity contribution in [2.75, 3.05) is 19.8 Å². The number of carbonyl (C=O) groups is 1. The molecule has 2 aromatic heterocycles. The number of aryl methyl sites for hydroxylation is 1. The summed E-state index contributed by atoms with van der Waals surface area (Å²) in [7, 11) is 0. The van der Waals surface area contributed by atoms with Gasteiger partial charge in [-0.05, 0) is 43.9 Å². The van der Waals surface area contributed by atoms with Crippen molar-refractivity contribution >= 4 is 17.4 Å². The Bertz CT molecular complexity index is 663. The van der Waals surface area contributed by atoms with Crippen LogP contribution in [0.1, 0.15) is 65.5 Å². The monoisotopic (exact) mass is 375 g/mol. The van der Waals surface area contributed by atoms with Crippen LogP contribution in [-0.2, 0) is 9.53 Å². The molecule has 0 bridgehead atoms. The van der Waals surface area contributed by atoms with E-state index in [0.29, 0.717) is 6.04 Å². The standard InChI is InChI=1S/C18H25N3O2.2C2H6/c1-3-15(12-20(13-22)16-6-9-23-10-7-16)21-11-14(2)17-5-4-8-19-18(17)21;2*1-2/h4-5,8,11,13,15-16H,3,6-7,9-10,12H2,1-2H3;2*1-2H3. The lowest BCUT2D eigenvalue weighted by Crippen LogP contribution is -2.41. The Balaban J connectivity index is 0.000000855. The average Bonchev–Trinajstić information content (AvgIpc) is 3.09. The number of pyridine rings is 1. The number of ether oxygens (including phenoxy) is 1. The Kier molecular flexibility index (Phi) is 10.7. The fourth-order valence-electron chi connectivity index (χ4n) is 3.48. The molecule has 0 N–H and O–H groups in total. The average molecular weight is 376 g/mol. The van der Waals surface area contributed by atoms with Crippen molar-refractivity contribution in [2.45, 2.75) is 72.9 Å². The summed E-state index contributed by atoms with van der Waals surface area (Å²) >= 11 is 0. The van der Waals surface area contributed by atoms with Crippen molar-refractivity contribution in [3.8, 4) is 0 Å². The van der Waals surface area contributed by atoms with E-state index in [2.05, 4.69) is 35.7 Å². The Morgan fingerprint density at radius 1 is 1.30 bits per heavy atom. The molecule has 0 aromatic carbocycles. The van der Waals surface area contributed by atoms with Gasteiger partial charge in [0.1, 0.15) is 5.65 Å². The van der Waals surface area contributed by atoms with Crippen molar-refractivity contribution in [3.05, 3.63) is 30.1 Å². The fourth-order valence-corrected chi connectivity index (χ4v) is 3.48. The summed E-state index contributed by atoms with van der Waals surface area (Å²) in [6.07, 6.45) is 7.83. The van der Waals surface area contributed by atoms with Crippen LogP contribution in [0.3, 0.4) is 0 Å². The van der Waals surface area contributed by atoms with Gasteiger partial charge in [-0.2, -0.15) is 0 Å². The van der Waals surface area contributed by atoms with Crippen molar-refractivity contribution in [3.63, 3.8) is 0 Å². The van der Waals surface area contributed by atoms with Gasteiger partial charge in [0.25, 0.3) is 0 Å². The van der Waals surface area contributed by atoms with Crippen molar-refractivity contribution in [1.29, 1.82) is 0 Å². The number of hydrogen-bond donors (Lipinski definition) is 0. The third-order valence-electron chi connectivity index (χ3n) is 4.87. The third-order valence-corrected chi connectivity index (χ3v) is 4.87. The molecule has 152 valence electrons. The molecule has 5 nitrogen and oxygen atoms in total. The minimum absolute atomic E-state index is 0.245. The summed E-state index contributed by atoms with van der Waals surface area (Å²) < 4.78 is 7.65. The van der Waals surface area contributed by atoms with E-state index < -0.39 is 0 Å². The van der Waals surface area contributed by atoms with Crippen LogP contribution >= 0.6 is 0 Å². The zero-order valence-electron chi connectivity index (χ0n) is 17.9. The number of amides is 1. The SMILES string of the molecule is CC.CC.CCC(CN(C=O)C1CCOCC1)n1cc(C)c2cccnc21. The molecule has 1 aliphatic rings. The molecule has 0 aliphatic carbocycles. The molecule has 1 saturated heterocycles. The first-order valence-corrected chi connectivity index (χ1v) is 10.5. The van der Waals surface area contributed by atoms with Crippen LogP contribution in [0.4, 0.5) is 0 Å². The second kappa shape index (κ2) is 12.5. The van der Waals surface area contributed by atoms with Gasteiger partial charge in [-0.15, -0.1) is 0 Å². The van der Waals surface area contributed by atoms with Gasteiger partial charge in [-0.3, -0.25) is 4.79 Å². The van der Waals surface area contributed by atoms with E-state index in [9.17, 15) is 4.79 Å². The van der Waals surface area contributed by atoms with E-state index in [1.54, 1.807) is 0 Å². The first-order valence-electron chi connectivity index (χ1n) is 10.5. The minimum Gasteiger partial charge on any atom is -0.381 e. The normalized spacial score (nSPS) is 15.2. The topological polar surface area (TPSA) is 47.4 Å². The number of hydrogen-bond acceptors (Lipinski definition) is 3. The maximum atomic E-state index is 11.6. The molecule has 0 saturated carbocycles. The molecular formula is C22H37N3O2. The first-order chi connectivity index (χ1) is 13.2. The Labute approximate surface area is 164 Å². The van der Waals surface area contributed by atoms with Crippen LogP contribution in [0.2, 0.25) is 0 Å². The van der Waals surface area contributed by atoms with Gasteiger partial charge in [0.05, 0.1) is 6.04 Å². The van der Waals surface area contributed by atoms with E-state index in [4.69, 9.17) is 4.74 Å². The number of carbonyl (C=O) groups excluding carboxylic acids is 1. The second-order valence-electron chi connectivity index (χ2n) is 6.30. The summed E-state index contributed by atoms with van der Waals surface area (Å²) in [6.45, 7) is 14.5. The molecule has 3 heterocycles. The third kappa shape index (κ3) is 5.80. The van der Waals surface area contributed by atoms with Crippen LogP contribution in [0.15, 0.2) is 24.5 Å². The molecule has 27 heavy (non-hydrogen) atoms. The van der Waals surface area contributed by atoms with Gasteiger partial charge in [-0.25, -0.2) is 4.98 Å². The highest BCUT2D eigenvalue weighted by Crippen LogP contribution is 2.25. The quantitative estimate of drug-likeness (QED) is 0.669. The van der Waals surface area contributed by atoms with E-state index in [-0.39, 0.29) is 6.04 Å². The lowest BCUT2D eigenvalue weighted by atomic mass is 10.1. The van der Waals surface area contributed by atoms with Crippen LogP contribution in [0.25, 0.3) is 11.0 Å². The van der Waals surface area contributed by atoms with Crippen LogP contribution in [0.5, 0.6) is 0 Å².